The highest BCUT2D eigenvalue weighted by Gasteiger charge is 2.23. The molecule has 3 nitrogen and oxygen atoms in total. The molecule has 0 amide bonds. The third-order valence-electron chi connectivity index (χ3n) is 3.86. The predicted octanol–water partition coefficient (Wildman–Crippen LogP) is 3.49. The normalized spacial score (nSPS) is 14.7. The molecule has 0 aliphatic carbocycles. The zero-order valence-electron chi connectivity index (χ0n) is 14.0. The third-order valence-corrected chi connectivity index (χ3v) is 3.86. The van der Waals surface area contributed by atoms with Crippen LogP contribution in [0.3, 0.4) is 0 Å². The van der Waals surface area contributed by atoms with Crippen molar-refractivity contribution in [3.05, 3.63) is 17.5 Å². The maximum Gasteiger partial charge on any atom is 0.0722 e. The van der Waals surface area contributed by atoms with Crippen molar-refractivity contribution < 1.29 is 0 Å². The summed E-state index contributed by atoms with van der Waals surface area (Å²) in [7, 11) is 2.00. The molecule has 3 heteroatoms. The largest absolute Gasteiger partial charge is 0.312 e. The molecule has 110 valence electrons. The molecule has 0 bridgehead atoms. The van der Waals surface area contributed by atoms with Gasteiger partial charge in [0.2, 0.25) is 0 Å². The standard InChI is InChI=1S/C16H31N3/c1-12(15(2,3)4)9-17-10-13-11-19(8)18-14(13)16(5,6)7/h11-12,17H,9-10H2,1-8H3. The number of aryl methyl sites for hydroxylation is 1. The van der Waals surface area contributed by atoms with Gasteiger partial charge in [-0.3, -0.25) is 4.68 Å². The average molecular weight is 265 g/mol. The number of nitrogens with zero attached hydrogens (tertiary/aromatic N) is 2. The smallest absolute Gasteiger partial charge is 0.0722 e. The SMILES string of the molecule is CC(CNCc1cn(C)nc1C(C)(C)C)C(C)(C)C. The molecule has 1 rings (SSSR count). The summed E-state index contributed by atoms with van der Waals surface area (Å²) in [4.78, 5) is 0. The highest BCUT2D eigenvalue weighted by atomic mass is 15.3. The maximum absolute atomic E-state index is 4.61. The average Bonchev–Trinajstić information content (AvgIpc) is 2.57. The summed E-state index contributed by atoms with van der Waals surface area (Å²) in [5.41, 5.74) is 2.98. The van der Waals surface area contributed by atoms with E-state index in [-0.39, 0.29) is 5.41 Å². The molecule has 19 heavy (non-hydrogen) atoms. The summed E-state index contributed by atoms with van der Waals surface area (Å²) >= 11 is 0. The number of hydrogen-bond donors (Lipinski definition) is 1. The van der Waals surface area contributed by atoms with E-state index in [1.54, 1.807) is 0 Å². The Morgan fingerprint density at radius 2 is 1.79 bits per heavy atom. The van der Waals surface area contributed by atoms with E-state index in [0.29, 0.717) is 11.3 Å². The van der Waals surface area contributed by atoms with Crippen molar-refractivity contribution in [3.63, 3.8) is 0 Å². The summed E-state index contributed by atoms with van der Waals surface area (Å²) in [6.07, 6.45) is 2.13. The summed E-state index contributed by atoms with van der Waals surface area (Å²) < 4.78 is 1.92. The van der Waals surface area contributed by atoms with Gasteiger partial charge in [-0.05, 0) is 17.9 Å². The van der Waals surface area contributed by atoms with Gasteiger partial charge in [0, 0.05) is 30.8 Å². The first-order valence-corrected chi connectivity index (χ1v) is 7.25. The van der Waals surface area contributed by atoms with Crippen LogP contribution in [-0.2, 0) is 19.0 Å². The molecular formula is C16H31N3. The Hall–Kier alpha value is -0.830. The lowest BCUT2D eigenvalue weighted by molar-refractivity contribution is 0.252. The number of hydrogen-bond acceptors (Lipinski definition) is 2. The Morgan fingerprint density at radius 1 is 1.21 bits per heavy atom. The van der Waals surface area contributed by atoms with Crippen molar-refractivity contribution >= 4 is 0 Å². The van der Waals surface area contributed by atoms with Gasteiger partial charge in [-0.1, -0.05) is 48.5 Å². The molecule has 0 fully saturated rings. The highest BCUT2D eigenvalue weighted by Crippen LogP contribution is 2.26. The van der Waals surface area contributed by atoms with Crippen LogP contribution < -0.4 is 5.32 Å². The first-order chi connectivity index (χ1) is 8.51. The van der Waals surface area contributed by atoms with Gasteiger partial charge in [0.05, 0.1) is 5.69 Å². The lowest BCUT2D eigenvalue weighted by Gasteiger charge is -2.27. The molecular weight excluding hydrogens is 234 g/mol. The lowest BCUT2D eigenvalue weighted by Crippen LogP contribution is -2.30. The molecule has 1 N–H and O–H groups in total. The predicted molar refractivity (Wildman–Crippen MR) is 82.2 cm³/mol. The van der Waals surface area contributed by atoms with Crippen molar-refractivity contribution in [2.75, 3.05) is 6.54 Å². The van der Waals surface area contributed by atoms with Crippen molar-refractivity contribution in [2.24, 2.45) is 18.4 Å². The van der Waals surface area contributed by atoms with Crippen LogP contribution in [0.1, 0.15) is 59.7 Å². The van der Waals surface area contributed by atoms with Gasteiger partial charge < -0.3 is 5.32 Å². The second-order valence-corrected chi connectivity index (χ2v) is 7.82. The minimum absolute atomic E-state index is 0.105. The number of rotatable bonds is 4. The fourth-order valence-electron chi connectivity index (χ4n) is 2.03. The van der Waals surface area contributed by atoms with E-state index >= 15 is 0 Å². The van der Waals surface area contributed by atoms with Gasteiger partial charge in [-0.25, -0.2) is 0 Å². The van der Waals surface area contributed by atoms with Gasteiger partial charge in [-0.2, -0.15) is 5.10 Å². The Morgan fingerprint density at radius 3 is 2.26 bits per heavy atom. The van der Waals surface area contributed by atoms with Crippen LogP contribution in [0.2, 0.25) is 0 Å². The van der Waals surface area contributed by atoms with Crippen LogP contribution in [0.15, 0.2) is 6.20 Å². The van der Waals surface area contributed by atoms with Crippen LogP contribution >= 0.6 is 0 Å². The Kier molecular flexibility index (Phi) is 4.83. The van der Waals surface area contributed by atoms with Gasteiger partial charge in [0.1, 0.15) is 0 Å². The summed E-state index contributed by atoms with van der Waals surface area (Å²) in [5.74, 6) is 0.655. The molecule has 1 unspecified atom stereocenters. The fraction of sp³-hybridized carbons (Fsp3) is 0.812. The quantitative estimate of drug-likeness (QED) is 0.903. The molecule has 1 atom stereocenters. The Balaban J connectivity index is 2.64. The van der Waals surface area contributed by atoms with Crippen LogP contribution in [0.5, 0.6) is 0 Å². The van der Waals surface area contributed by atoms with Gasteiger partial charge in [0.25, 0.3) is 0 Å². The van der Waals surface area contributed by atoms with E-state index in [9.17, 15) is 0 Å². The van der Waals surface area contributed by atoms with E-state index < -0.39 is 0 Å². The zero-order chi connectivity index (χ0) is 14.8. The van der Waals surface area contributed by atoms with E-state index in [1.807, 2.05) is 11.7 Å². The molecule has 1 aromatic heterocycles. The fourth-order valence-corrected chi connectivity index (χ4v) is 2.03. The van der Waals surface area contributed by atoms with Crippen LogP contribution in [0, 0.1) is 11.3 Å². The lowest BCUT2D eigenvalue weighted by atomic mass is 9.82. The topological polar surface area (TPSA) is 29.9 Å². The van der Waals surface area contributed by atoms with Gasteiger partial charge >= 0.3 is 0 Å². The van der Waals surface area contributed by atoms with Gasteiger partial charge in [0.15, 0.2) is 0 Å². The van der Waals surface area contributed by atoms with Crippen molar-refractivity contribution in [1.82, 2.24) is 15.1 Å². The van der Waals surface area contributed by atoms with E-state index in [1.165, 1.54) is 11.3 Å². The van der Waals surface area contributed by atoms with Crippen molar-refractivity contribution in [1.29, 1.82) is 0 Å². The Bertz CT molecular complexity index is 405. The highest BCUT2D eigenvalue weighted by molar-refractivity contribution is 5.23. The summed E-state index contributed by atoms with van der Waals surface area (Å²) in [5, 5.41) is 8.19. The minimum Gasteiger partial charge on any atom is -0.312 e. The molecule has 0 aromatic carbocycles. The summed E-state index contributed by atoms with van der Waals surface area (Å²) in [6, 6.07) is 0. The molecule has 0 aliphatic heterocycles. The molecule has 1 heterocycles. The number of nitrogens with one attached hydrogen (secondary N) is 1. The molecule has 0 saturated heterocycles. The van der Waals surface area contributed by atoms with Crippen LogP contribution in [0.25, 0.3) is 0 Å². The van der Waals surface area contributed by atoms with Crippen molar-refractivity contribution in [3.8, 4) is 0 Å². The Labute approximate surface area is 118 Å². The molecule has 0 aliphatic rings. The monoisotopic (exact) mass is 265 g/mol. The number of aromatic nitrogens is 2. The first kappa shape index (κ1) is 16.2. The zero-order valence-corrected chi connectivity index (χ0v) is 14.0. The second-order valence-electron chi connectivity index (χ2n) is 7.82. The molecule has 0 spiro atoms. The van der Waals surface area contributed by atoms with Crippen LogP contribution in [0.4, 0.5) is 0 Å². The first-order valence-electron chi connectivity index (χ1n) is 7.25. The van der Waals surface area contributed by atoms with E-state index in [2.05, 4.69) is 65.1 Å². The van der Waals surface area contributed by atoms with Gasteiger partial charge in [-0.15, -0.1) is 0 Å². The third kappa shape index (κ3) is 4.64. The molecule has 1 aromatic rings. The van der Waals surface area contributed by atoms with E-state index in [4.69, 9.17) is 0 Å². The second kappa shape index (κ2) is 5.66. The molecule has 0 radical (unpaired) electrons. The van der Waals surface area contributed by atoms with Crippen molar-refractivity contribution in [2.45, 2.75) is 60.4 Å². The summed E-state index contributed by atoms with van der Waals surface area (Å²) in [6.45, 7) is 17.8. The maximum atomic E-state index is 4.61. The van der Waals surface area contributed by atoms with E-state index in [0.717, 1.165) is 13.1 Å². The molecule has 0 saturated carbocycles. The van der Waals surface area contributed by atoms with Crippen LogP contribution in [-0.4, -0.2) is 16.3 Å². The minimum atomic E-state index is 0.105.